The van der Waals surface area contributed by atoms with E-state index in [1.807, 2.05) is 12.2 Å². The smallest absolute Gasteiger partial charge is 0.253 e. The SMILES string of the molecule is CN(C)B1C=CC=CC1.[C-]1=CC=CC1.[Zr]. The van der Waals surface area contributed by atoms with Crippen LogP contribution in [-0.2, 0) is 26.2 Å². The van der Waals surface area contributed by atoms with E-state index in [1.54, 1.807) is 0 Å². The van der Waals surface area contributed by atoms with Crippen LogP contribution in [0, 0.1) is 6.08 Å². The number of allylic oxidation sites excluding steroid dienone is 7. The zero-order valence-electron chi connectivity index (χ0n) is 9.48. The van der Waals surface area contributed by atoms with E-state index in [1.165, 1.54) is 0 Å². The molecule has 0 atom stereocenters. The first-order valence-corrected chi connectivity index (χ1v) is 5.02. The third-order valence-electron chi connectivity index (χ3n) is 2.21. The van der Waals surface area contributed by atoms with Crippen molar-refractivity contribution in [2.24, 2.45) is 0 Å². The van der Waals surface area contributed by atoms with Crippen LogP contribution >= 0.6 is 0 Å². The fraction of sp³-hybridized carbons (Fsp3) is 0.333. The van der Waals surface area contributed by atoms with E-state index < -0.39 is 0 Å². The molecule has 0 amide bonds. The number of rotatable bonds is 1. The average Bonchev–Trinajstić information content (AvgIpc) is 2.77. The van der Waals surface area contributed by atoms with Gasteiger partial charge in [-0.3, -0.25) is 6.08 Å². The average molecular weight is 277 g/mol. The maximum absolute atomic E-state index is 2.99. The van der Waals surface area contributed by atoms with Crippen molar-refractivity contribution in [1.82, 2.24) is 4.81 Å². The molecule has 0 saturated carbocycles. The minimum absolute atomic E-state index is 0. The van der Waals surface area contributed by atoms with Gasteiger partial charge in [0.2, 0.25) is 0 Å². The Bertz CT molecular complexity index is 257. The van der Waals surface area contributed by atoms with Gasteiger partial charge < -0.3 is 4.81 Å². The maximum atomic E-state index is 2.99. The van der Waals surface area contributed by atoms with E-state index in [-0.39, 0.29) is 26.2 Å². The van der Waals surface area contributed by atoms with E-state index in [9.17, 15) is 0 Å². The Hall–Kier alpha value is -0.132. The second-order valence-corrected chi connectivity index (χ2v) is 3.58. The second-order valence-electron chi connectivity index (χ2n) is 3.58. The second kappa shape index (κ2) is 9.12. The molecule has 0 N–H and O–H groups in total. The predicted molar refractivity (Wildman–Crippen MR) is 64.1 cm³/mol. The molecular formula is C12H17BNZr-. The minimum atomic E-state index is 0. The first-order valence-electron chi connectivity index (χ1n) is 5.02. The van der Waals surface area contributed by atoms with Crippen LogP contribution in [0.5, 0.6) is 0 Å². The van der Waals surface area contributed by atoms with Gasteiger partial charge in [0.05, 0.1) is 0 Å². The van der Waals surface area contributed by atoms with Gasteiger partial charge in [0, 0.05) is 26.2 Å². The van der Waals surface area contributed by atoms with Crippen LogP contribution in [-0.4, -0.2) is 25.8 Å². The summed E-state index contributed by atoms with van der Waals surface area (Å²) in [7, 11) is 4.21. The van der Waals surface area contributed by atoms with Crippen LogP contribution < -0.4 is 0 Å². The fourth-order valence-corrected chi connectivity index (χ4v) is 1.29. The third kappa shape index (κ3) is 6.87. The molecule has 3 heteroatoms. The zero-order chi connectivity index (χ0) is 10.2. The minimum Gasteiger partial charge on any atom is -0.344 e. The zero-order valence-corrected chi connectivity index (χ0v) is 11.9. The first kappa shape index (κ1) is 14.9. The molecule has 1 aliphatic heterocycles. The summed E-state index contributed by atoms with van der Waals surface area (Å²) in [5.74, 6) is 2.22. The van der Waals surface area contributed by atoms with Crippen LogP contribution in [0.4, 0.5) is 0 Å². The molecule has 0 spiro atoms. The number of nitrogens with zero attached hydrogens (tertiary/aromatic N) is 1. The van der Waals surface area contributed by atoms with Gasteiger partial charge in [-0.1, -0.05) is 24.2 Å². The van der Waals surface area contributed by atoms with Crippen molar-refractivity contribution in [2.75, 3.05) is 14.1 Å². The summed E-state index contributed by atoms with van der Waals surface area (Å²) >= 11 is 0. The number of hydrogen-bond donors (Lipinski definition) is 0. The van der Waals surface area contributed by atoms with E-state index in [0.29, 0.717) is 6.85 Å². The van der Waals surface area contributed by atoms with E-state index in [4.69, 9.17) is 0 Å². The largest absolute Gasteiger partial charge is 0.344 e. The van der Waals surface area contributed by atoms with Crippen molar-refractivity contribution < 1.29 is 26.2 Å². The first-order chi connectivity index (χ1) is 6.80. The van der Waals surface area contributed by atoms with Crippen molar-refractivity contribution in [3.63, 3.8) is 0 Å². The molecule has 0 saturated heterocycles. The van der Waals surface area contributed by atoms with Gasteiger partial charge in [-0.15, -0.1) is 6.42 Å². The summed E-state index contributed by atoms with van der Waals surface area (Å²) in [4.78, 5) is 2.22. The molecular weight excluding hydrogens is 260 g/mol. The third-order valence-corrected chi connectivity index (χ3v) is 2.21. The molecule has 78 valence electrons. The molecule has 0 fully saturated rings. The molecule has 1 heterocycles. The van der Waals surface area contributed by atoms with Gasteiger partial charge in [0.25, 0.3) is 6.85 Å². The van der Waals surface area contributed by atoms with Gasteiger partial charge in [-0.2, -0.15) is 6.08 Å². The number of hydrogen-bond acceptors (Lipinski definition) is 1. The van der Waals surface area contributed by atoms with E-state index in [2.05, 4.69) is 55.3 Å². The van der Waals surface area contributed by atoms with E-state index >= 15 is 0 Å². The quantitative estimate of drug-likeness (QED) is 0.526. The molecule has 0 aromatic carbocycles. The van der Waals surface area contributed by atoms with E-state index in [0.717, 1.165) is 12.7 Å². The van der Waals surface area contributed by atoms with Crippen LogP contribution in [0.25, 0.3) is 0 Å². The van der Waals surface area contributed by atoms with Gasteiger partial charge in [-0.05, 0) is 20.4 Å². The Labute approximate surface area is 113 Å². The van der Waals surface area contributed by atoms with Crippen molar-refractivity contribution in [3.8, 4) is 0 Å². The molecule has 0 aromatic rings. The van der Waals surface area contributed by atoms with Crippen molar-refractivity contribution in [1.29, 1.82) is 0 Å². The molecule has 0 unspecified atom stereocenters. The van der Waals surface area contributed by atoms with Crippen molar-refractivity contribution >= 4 is 6.85 Å². The summed E-state index contributed by atoms with van der Waals surface area (Å²) < 4.78 is 0. The summed E-state index contributed by atoms with van der Waals surface area (Å²) in [5, 5.41) is 0. The summed E-state index contributed by atoms with van der Waals surface area (Å²) in [6.45, 7) is 0.620. The Morgan fingerprint density at radius 3 is 2.20 bits per heavy atom. The monoisotopic (exact) mass is 276 g/mol. The van der Waals surface area contributed by atoms with Gasteiger partial charge in [0.15, 0.2) is 0 Å². The van der Waals surface area contributed by atoms with Gasteiger partial charge in [0.1, 0.15) is 0 Å². The molecule has 2 aliphatic rings. The Morgan fingerprint density at radius 1 is 1.13 bits per heavy atom. The predicted octanol–water partition coefficient (Wildman–Crippen LogP) is 2.51. The molecule has 0 bridgehead atoms. The summed E-state index contributed by atoms with van der Waals surface area (Å²) in [5.41, 5.74) is 0. The summed E-state index contributed by atoms with van der Waals surface area (Å²) in [6, 6.07) is 0. The van der Waals surface area contributed by atoms with Crippen LogP contribution in [0.15, 0.2) is 42.4 Å². The van der Waals surface area contributed by atoms with Crippen molar-refractivity contribution in [2.45, 2.75) is 12.7 Å². The maximum Gasteiger partial charge on any atom is 0.253 e. The molecule has 15 heavy (non-hydrogen) atoms. The topological polar surface area (TPSA) is 3.24 Å². The van der Waals surface area contributed by atoms with Crippen LogP contribution in [0.1, 0.15) is 6.42 Å². The van der Waals surface area contributed by atoms with Crippen molar-refractivity contribution in [3.05, 3.63) is 48.5 Å². The molecule has 0 radical (unpaired) electrons. The summed E-state index contributed by atoms with van der Waals surface area (Å²) in [6.07, 6.45) is 17.6. The van der Waals surface area contributed by atoms with Gasteiger partial charge in [-0.25, -0.2) is 12.2 Å². The van der Waals surface area contributed by atoms with Crippen LogP contribution in [0.2, 0.25) is 6.32 Å². The molecule has 0 aromatic heterocycles. The standard InChI is InChI=1S/C7H12BN.C5H5.Zr/c1-9(2)8-6-4-3-5-7-8;1-2-4-5-3-1;/h3-6H,7H2,1-2H3;1-3H,4H2;/q;-1;. The molecule has 1 nitrogen and oxygen atoms in total. The normalized spacial score (nSPS) is 16.3. The Morgan fingerprint density at radius 2 is 1.93 bits per heavy atom. The Balaban J connectivity index is 0.000000280. The van der Waals surface area contributed by atoms with Crippen LogP contribution in [0.3, 0.4) is 0 Å². The fourth-order valence-electron chi connectivity index (χ4n) is 1.29. The molecule has 2 rings (SSSR count). The molecule has 1 aliphatic carbocycles. The van der Waals surface area contributed by atoms with Gasteiger partial charge >= 0.3 is 0 Å². The Kier molecular flexibility index (Phi) is 9.04.